The second-order valence-electron chi connectivity index (χ2n) is 16.9. The molecule has 1 heterocycles. The summed E-state index contributed by atoms with van der Waals surface area (Å²) in [5.41, 5.74) is 4.55. The number of hydrogen-bond donors (Lipinski definition) is 6. The van der Waals surface area contributed by atoms with Crippen LogP contribution in [-0.4, -0.2) is 101 Å². The summed E-state index contributed by atoms with van der Waals surface area (Å²) >= 11 is 0. The van der Waals surface area contributed by atoms with Crippen LogP contribution in [0.4, 0.5) is 0 Å². The highest BCUT2D eigenvalue weighted by molar-refractivity contribution is 5.91. The average Bonchev–Trinajstić information content (AvgIpc) is 3.34. The lowest BCUT2D eigenvalue weighted by atomic mass is 9.79. The Labute approximate surface area is 405 Å². The van der Waals surface area contributed by atoms with Crippen molar-refractivity contribution in [3.8, 4) is 0 Å². The number of aliphatic hydroxyl groups is 2. The molecule has 17 heteroatoms. The highest BCUT2D eigenvalue weighted by atomic mass is 16.7. The summed E-state index contributed by atoms with van der Waals surface area (Å²) in [6, 6.07) is 42.8. The topological polar surface area (TPSA) is 251 Å². The normalized spacial score (nSPS) is 20.7. The predicted octanol–water partition coefficient (Wildman–Crippen LogP) is 3.47. The molecule has 5 aromatic carbocycles. The number of carbonyl (C=O) groups excluding carboxylic acids is 6. The van der Waals surface area contributed by atoms with Crippen molar-refractivity contribution in [3.05, 3.63) is 179 Å². The maximum atomic E-state index is 13.7. The quantitative estimate of drug-likeness (QED) is 0.0331. The molecule has 1 aliphatic heterocycles. The number of hydrogen-bond acceptors (Lipinski definition) is 13. The average molecular weight is 959 g/mol. The maximum absolute atomic E-state index is 13.7. The zero-order valence-corrected chi connectivity index (χ0v) is 39.0. The predicted molar refractivity (Wildman–Crippen MR) is 253 cm³/mol. The number of nitrogens with two attached hydrogens (primary N) is 1. The third-order valence-corrected chi connectivity index (χ3v) is 11.7. The van der Waals surface area contributed by atoms with Gasteiger partial charge in [-0.05, 0) is 41.2 Å². The Morgan fingerprint density at radius 2 is 1.23 bits per heavy atom. The van der Waals surface area contributed by atoms with E-state index in [0.717, 1.165) is 19.4 Å². The first-order chi connectivity index (χ1) is 33.5. The van der Waals surface area contributed by atoms with Crippen molar-refractivity contribution in [2.24, 2.45) is 5.73 Å². The van der Waals surface area contributed by atoms with E-state index in [1.165, 1.54) is 6.92 Å². The van der Waals surface area contributed by atoms with E-state index in [-0.39, 0.29) is 19.4 Å². The van der Waals surface area contributed by atoms with Crippen LogP contribution in [-0.2, 0) is 71.1 Å². The molecule has 7 atom stereocenters. The number of amides is 4. The van der Waals surface area contributed by atoms with E-state index in [0.29, 0.717) is 22.3 Å². The molecule has 1 saturated heterocycles. The molecule has 368 valence electrons. The molecule has 0 spiro atoms. The van der Waals surface area contributed by atoms with Gasteiger partial charge in [0.25, 0.3) is 0 Å². The third kappa shape index (κ3) is 12.9. The smallest absolute Gasteiger partial charge is 0.306 e. The molecule has 0 radical (unpaired) electrons. The zero-order valence-electron chi connectivity index (χ0n) is 39.0. The van der Waals surface area contributed by atoms with Gasteiger partial charge in [0.1, 0.15) is 37.0 Å². The number of esters is 2. The van der Waals surface area contributed by atoms with Gasteiger partial charge in [-0.3, -0.25) is 28.8 Å². The minimum absolute atomic E-state index is 0.00829. The number of carbonyl (C=O) groups is 6. The van der Waals surface area contributed by atoms with Crippen molar-refractivity contribution in [2.45, 2.75) is 94.1 Å². The summed E-state index contributed by atoms with van der Waals surface area (Å²) in [5, 5.41) is 32.7. The minimum Gasteiger partial charge on any atom is -0.461 e. The number of primary amides is 1. The van der Waals surface area contributed by atoms with Crippen molar-refractivity contribution in [1.82, 2.24) is 16.0 Å². The zero-order chi connectivity index (χ0) is 50.3. The number of benzene rings is 5. The monoisotopic (exact) mass is 958 g/mol. The van der Waals surface area contributed by atoms with Gasteiger partial charge in [0.05, 0.1) is 6.61 Å². The molecule has 0 aromatic heterocycles. The van der Waals surface area contributed by atoms with Gasteiger partial charge < -0.3 is 55.6 Å². The Bertz CT molecular complexity index is 2440. The van der Waals surface area contributed by atoms with Gasteiger partial charge in [0, 0.05) is 26.7 Å². The highest BCUT2D eigenvalue weighted by Gasteiger charge is 2.67. The number of rotatable bonds is 22. The van der Waals surface area contributed by atoms with E-state index in [9.17, 15) is 39.0 Å². The largest absolute Gasteiger partial charge is 0.461 e. The molecular weight excluding hydrogens is 901 g/mol. The molecule has 0 bridgehead atoms. The first-order valence-electron chi connectivity index (χ1n) is 22.7. The first-order valence-corrected chi connectivity index (χ1v) is 22.7. The van der Waals surface area contributed by atoms with E-state index in [1.54, 1.807) is 54.6 Å². The molecule has 0 unspecified atom stereocenters. The highest BCUT2D eigenvalue weighted by Crippen LogP contribution is 2.44. The summed E-state index contributed by atoms with van der Waals surface area (Å²) in [4.78, 5) is 77.8. The summed E-state index contributed by atoms with van der Waals surface area (Å²) < 4.78 is 30.8. The molecule has 1 fully saturated rings. The molecule has 0 saturated carbocycles. The summed E-state index contributed by atoms with van der Waals surface area (Å²) in [7, 11) is 0. The van der Waals surface area contributed by atoms with Gasteiger partial charge >= 0.3 is 11.9 Å². The first kappa shape index (κ1) is 52.1. The maximum Gasteiger partial charge on any atom is 0.306 e. The van der Waals surface area contributed by atoms with Gasteiger partial charge in [0.2, 0.25) is 35.1 Å². The van der Waals surface area contributed by atoms with Gasteiger partial charge in [-0.15, -0.1) is 0 Å². The molecule has 7 N–H and O–H groups in total. The molecule has 17 nitrogen and oxygen atoms in total. The lowest BCUT2D eigenvalue weighted by molar-refractivity contribution is -0.400. The lowest BCUT2D eigenvalue weighted by Gasteiger charge is -2.55. The van der Waals surface area contributed by atoms with E-state index < -0.39 is 103 Å². The van der Waals surface area contributed by atoms with E-state index >= 15 is 0 Å². The molecular formula is C53H58N4O13. The lowest BCUT2D eigenvalue weighted by Crippen LogP contribution is -2.80. The summed E-state index contributed by atoms with van der Waals surface area (Å²) in [5.74, 6) is -7.87. The Morgan fingerprint density at radius 3 is 1.71 bits per heavy atom. The van der Waals surface area contributed by atoms with Crippen LogP contribution < -0.4 is 21.7 Å². The number of ether oxygens (including phenoxy) is 5. The van der Waals surface area contributed by atoms with Gasteiger partial charge in [-0.25, -0.2) is 0 Å². The van der Waals surface area contributed by atoms with E-state index in [4.69, 9.17) is 29.4 Å². The van der Waals surface area contributed by atoms with Crippen LogP contribution in [0.3, 0.4) is 0 Å². The fourth-order valence-corrected chi connectivity index (χ4v) is 8.37. The number of nitrogens with one attached hydrogen (secondary N) is 3. The Kier molecular flexibility index (Phi) is 17.7. The molecule has 1 aliphatic rings. The van der Waals surface area contributed by atoms with Gasteiger partial charge in [-0.1, -0.05) is 152 Å². The van der Waals surface area contributed by atoms with Gasteiger partial charge in [0.15, 0.2) is 12.2 Å². The summed E-state index contributed by atoms with van der Waals surface area (Å²) in [6.07, 6.45) is -6.07. The van der Waals surface area contributed by atoms with Crippen molar-refractivity contribution < 1.29 is 62.7 Å². The van der Waals surface area contributed by atoms with Gasteiger partial charge in [-0.2, -0.15) is 0 Å². The standard InChI is InChI=1S/C53H58N4O13/c1-35(50(63)56-43(49(54)62)29-30-46(61)66-32-39-21-11-5-12-22-39)55-45(60)34-67-48-47(69-37(3)59)44(70-51(64,53(48,65)57-36(2)58)31-38-19-9-4-10-20-38)33-68-52(40-23-13-6-14-24-40,41-25-15-7-16-26-41)42-27-17-8-18-28-42/h4-28,35,43-44,47-48,64-65H,29-34H2,1-3H3,(H2,54,62)(H,55,60)(H,56,63)(H,57,58)/t35-,43+,44+,47+,48-,51-,53+/m0/s1. The molecule has 5 aromatic rings. The fourth-order valence-electron chi connectivity index (χ4n) is 8.37. The minimum atomic E-state index is -2.94. The van der Waals surface area contributed by atoms with Crippen LogP contribution in [0.25, 0.3) is 0 Å². The van der Waals surface area contributed by atoms with E-state index in [2.05, 4.69) is 16.0 Å². The van der Waals surface area contributed by atoms with Crippen LogP contribution in [0.1, 0.15) is 61.4 Å². The van der Waals surface area contributed by atoms with E-state index in [1.807, 2.05) is 97.1 Å². The van der Waals surface area contributed by atoms with Crippen molar-refractivity contribution in [3.63, 3.8) is 0 Å². The molecule has 0 aliphatic carbocycles. The van der Waals surface area contributed by atoms with Crippen LogP contribution in [0.5, 0.6) is 0 Å². The third-order valence-electron chi connectivity index (χ3n) is 11.7. The second kappa shape index (κ2) is 23.8. The van der Waals surface area contributed by atoms with Crippen molar-refractivity contribution in [1.29, 1.82) is 0 Å². The SMILES string of the molecule is CC(=O)N[C@@]1(O)[C@@H](OCC(=O)N[C@@H](C)C(=O)N[C@H](CCC(=O)OCc2ccccc2)C(N)=O)[C@H](OC(C)=O)[C@@H](COC(c2ccccc2)(c2ccccc2)c2ccccc2)O[C@@]1(O)Cc1ccccc1. The van der Waals surface area contributed by atoms with Crippen LogP contribution in [0.15, 0.2) is 152 Å². The van der Waals surface area contributed by atoms with Crippen LogP contribution in [0, 0.1) is 0 Å². The van der Waals surface area contributed by atoms with Crippen LogP contribution in [0.2, 0.25) is 0 Å². The molecule has 6 rings (SSSR count). The molecule has 4 amide bonds. The molecule has 70 heavy (non-hydrogen) atoms. The summed E-state index contributed by atoms with van der Waals surface area (Å²) in [6.45, 7) is 2.08. The van der Waals surface area contributed by atoms with Crippen LogP contribution >= 0.6 is 0 Å². The Balaban J connectivity index is 1.28. The Morgan fingerprint density at radius 1 is 0.729 bits per heavy atom. The fraction of sp³-hybridized carbons (Fsp3) is 0.321. The van der Waals surface area contributed by atoms with Crippen molar-refractivity contribution >= 4 is 35.6 Å². The second-order valence-corrected chi connectivity index (χ2v) is 16.9. The Hall–Kier alpha value is -7.28. The van der Waals surface area contributed by atoms with Crippen molar-refractivity contribution in [2.75, 3.05) is 13.2 Å².